The second kappa shape index (κ2) is 17.6. The number of benzene rings is 3. The van der Waals surface area contributed by atoms with Gasteiger partial charge in [0, 0.05) is 12.1 Å². The van der Waals surface area contributed by atoms with Gasteiger partial charge in [0.15, 0.2) is 0 Å². The summed E-state index contributed by atoms with van der Waals surface area (Å²) in [4.78, 5) is 0. The summed E-state index contributed by atoms with van der Waals surface area (Å²) in [6.07, 6.45) is 3.86. The summed E-state index contributed by atoms with van der Waals surface area (Å²) >= 11 is 1.97. The number of nitrogens with zero attached hydrogens (tertiary/aromatic N) is 2. The number of hydrogen-bond donors (Lipinski definition) is 0. The van der Waals surface area contributed by atoms with Crippen molar-refractivity contribution in [3.8, 4) is 6.07 Å². The van der Waals surface area contributed by atoms with Crippen LogP contribution in [0.5, 0.6) is 0 Å². The summed E-state index contributed by atoms with van der Waals surface area (Å²) in [5, 5.41) is 10.5. The van der Waals surface area contributed by atoms with Crippen LogP contribution in [0.25, 0.3) is 0 Å². The topological polar surface area (TPSA) is 71.8 Å². The fourth-order valence-corrected chi connectivity index (χ4v) is 7.92. The predicted octanol–water partition coefficient (Wildman–Crippen LogP) is 9.38. The number of hydrogen-bond acceptors (Lipinski definition) is 7. The maximum absolute atomic E-state index is 13.3. The molecule has 8 heteroatoms. The van der Waals surface area contributed by atoms with Gasteiger partial charge in [0.05, 0.1) is 30.5 Å². The normalized spacial score (nSPS) is 13.4. The molecule has 0 fully saturated rings. The molecule has 3 aromatic carbocycles. The highest BCUT2D eigenvalue weighted by atomic mass is 32.2. The van der Waals surface area contributed by atoms with Gasteiger partial charge in [-0.05, 0) is 63.0 Å². The first kappa shape index (κ1) is 34.1. The molecule has 0 saturated heterocycles. The Hall–Kier alpha value is -2.43. The number of unbranched alkanes of at least 4 members (excludes halogenated alkanes) is 3. The third-order valence-electron chi connectivity index (χ3n) is 6.82. The highest BCUT2D eigenvalue weighted by molar-refractivity contribution is 8.00. The zero-order valence-corrected chi connectivity index (χ0v) is 27.1. The van der Waals surface area contributed by atoms with E-state index in [-0.39, 0.29) is 36.5 Å². The lowest BCUT2D eigenvalue weighted by Gasteiger charge is -2.35. The van der Waals surface area contributed by atoms with Crippen LogP contribution in [0.1, 0.15) is 76.5 Å². The van der Waals surface area contributed by atoms with Crippen molar-refractivity contribution in [3.63, 3.8) is 0 Å². The summed E-state index contributed by atoms with van der Waals surface area (Å²) < 4.78 is 29.9. The van der Waals surface area contributed by atoms with Gasteiger partial charge >= 0.3 is 7.82 Å². The van der Waals surface area contributed by atoms with Crippen molar-refractivity contribution in [2.75, 3.05) is 19.0 Å². The monoisotopic (exact) mass is 608 g/mol. The average Bonchev–Trinajstić information content (AvgIpc) is 3.00. The molecule has 0 aromatic heterocycles. The lowest BCUT2D eigenvalue weighted by molar-refractivity contribution is -0.136. The second-order valence-electron chi connectivity index (χ2n) is 10.7. The molecular formula is C34H45N2O4PS. The standard InChI is InChI=1S/C34H45N2O4PS/c1-29(2)36(30(3)4)40-41(37,39-27-18-25-35)38-26-16-5-6-17-28-42-34(31-19-10-7-11-20-31,32-21-12-8-13-22-32)33-23-14-9-15-24-33/h7-15,19-24,29-30H,5-6,16-18,26-28H2,1-4H3. The number of phosphoric acid groups is 1. The van der Waals surface area contributed by atoms with Gasteiger partial charge in [-0.25, -0.2) is 4.57 Å². The summed E-state index contributed by atoms with van der Waals surface area (Å²) in [7, 11) is -3.83. The molecule has 226 valence electrons. The van der Waals surface area contributed by atoms with Gasteiger partial charge in [0.25, 0.3) is 0 Å². The van der Waals surface area contributed by atoms with E-state index in [9.17, 15) is 4.57 Å². The van der Waals surface area contributed by atoms with Gasteiger partial charge in [-0.15, -0.1) is 11.8 Å². The lowest BCUT2D eigenvalue weighted by atomic mass is 9.84. The van der Waals surface area contributed by atoms with Crippen molar-refractivity contribution in [3.05, 3.63) is 108 Å². The van der Waals surface area contributed by atoms with Crippen LogP contribution in [0.2, 0.25) is 0 Å². The number of nitriles is 1. The summed E-state index contributed by atoms with van der Waals surface area (Å²) in [6.45, 7) is 8.10. The zero-order valence-electron chi connectivity index (χ0n) is 25.4. The highest BCUT2D eigenvalue weighted by Crippen LogP contribution is 2.51. The molecule has 0 amide bonds. The molecule has 42 heavy (non-hydrogen) atoms. The highest BCUT2D eigenvalue weighted by Gasteiger charge is 2.36. The Bertz CT molecular complexity index is 1150. The lowest BCUT2D eigenvalue weighted by Crippen LogP contribution is -2.36. The molecule has 0 aliphatic carbocycles. The SMILES string of the molecule is CC(C)N(OP(=O)(OCCC#N)OCCCCCCSC(c1ccccc1)(c1ccccc1)c1ccccc1)C(C)C. The smallest absolute Gasteiger partial charge is 0.286 e. The van der Waals surface area contributed by atoms with Crippen molar-refractivity contribution in [1.82, 2.24) is 5.06 Å². The van der Waals surface area contributed by atoms with Crippen LogP contribution in [0.15, 0.2) is 91.0 Å². The van der Waals surface area contributed by atoms with Crippen LogP contribution < -0.4 is 0 Å². The van der Waals surface area contributed by atoms with E-state index in [1.54, 1.807) is 5.06 Å². The third-order valence-corrected chi connectivity index (χ3v) is 9.84. The Kier molecular flexibility index (Phi) is 14.3. The third kappa shape index (κ3) is 9.81. The number of hydroxylamine groups is 2. The molecule has 0 radical (unpaired) electrons. The molecule has 0 saturated carbocycles. The summed E-state index contributed by atoms with van der Waals surface area (Å²) in [5.41, 5.74) is 3.80. The Morgan fingerprint density at radius 2 is 1.19 bits per heavy atom. The van der Waals surface area contributed by atoms with E-state index in [1.807, 2.05) is 45.5 Å². The molecule has 0 N–H and O–H groups in total. The van der Waals surface area contributed by atoms with Gasteiger partial charge in [-0.1, -0.05) is 104 Å². The quantitative estimate of drug-likeness (QED) is 0.0581. The zero-order chi connectivity index (χ0) is 30.3. The molecule has 0 spiro atoms. The Morgan fingerprint density at radius 3 is 1.64 bits per heavy atom. The van der Waals surface area contributed by atoms with Crippen molar-refractivity contribution < 1.29 is 18.2 Å². The van der Waals surface area contributed by atoms with E-state index in [1.165, 1.54) is 16.7 Å². The van der Waals surface area contributed by atoms with Crippen LogP contribution in [-0.4, -0.2) is 36.1 Å². The van der Waals surface area contributed by atoms with Crippen LogP contribution >= 0.6 is 19.6 Å². The molecule has 0 bridgehead atoms. The Morgan fingerprint density at radius 1 is 0.738 bits per heavy atom. The van der Waals surface area contributed by atoms with Gasteiger partial charge in [0.1, 0.15) is 0 Å². The van der Waals surface area contributed by atoms with Gasteiger partial charge in [-0.3, -0.25) is 9.05 Å². The van der Waals surface area contributed by atoms with Crippen LogP contribution in [-0.2, 0) is 23.0 Å². The fourth-order valence-electron chi connectivity index (χ4n) is 4.92. The minimum Gasteiger partial charge on any atom is -0.286 e. The minimum atomic E-state index is -3.83. The Labute approximate surface area is 257 Å². The number of thioether (sulfide) groups is 1. The molecule has 6 nitrogen and oxygen atoms in total. The van der Waals surface area contributed by atoms with E-state index >= 15 is 0 Å². The van der Waals surface area contributed by atoms with Crippen molar-refractivity contribution >= 4 is 19.6 Å². The number of rotatable bonds is 19. The molecule has 3 aromatic rings. The van der Waals surface area contributed by atoms with E-state index in [2.05, 4.69) is 91.0 Å². The maximum atomic E-state index is 13.3. The first-order valence-corrected chi connectivity index (χ1v) is 17.3. The van der Waals surface area contributed by atoms with Crippen molar-refractivity contribution in [1.29, 1.82) is 5.26 Å². The predicted molar refractivity (Wildman–Crippen MR) is 173 cm³/mol. The fraction of sp³-hybridized carbons (Fsp3) is 0.441. The Balaban J connectivity index is 1.59. The molecule has 0 aliphatic rings. The van der Waals surface area contributed by atoms with E-state index in [0.29, 0.717) is 0 Å². The van der Waals surface area contributed by atoms with E-state index in [0.717, 1.165) is 31.4 Å². The molecule has 3 rings (SSSR count). The van der Waals surface area contributed by atoms with Crippen LogP contribution in [0.4, 0.5) is 0 Å². The summed E-state index contributed by atoms with van der Waals surface area (Å²) in [6, 6.07) is 34.2. The molecule has 0 heterocycles. The average molecular weight is 609 g/mol. The first-order valence-electron chi connectivity index (χ1n) is 14.9. The summed E-state index contributed by atoms with van der Waals surface area (Å²) in [5.74, 6) is 0.982. The van der Waals surface area contributed by atoms with Gasteiger partial charge < -0.3 is 0 Å². The van der Waals surface area contributed by atoms with Crippen LogP contribution in [0, 0.1) is 11.3 Å². The molecular weight excluding hydrogens is 563 g/mol. The molecule has 0 aliphatic heterocycles. The second-order valence-corrected chi connectivity index (χ2v) is 13.6. The number of phosphoric ester groups is 1. The van der Waals surface area contributed by atoms with Crippen molar-refractivity contribution in [2.45, 2.75) is 76.6 Å². The van der Waals surface area contributed by atoms with Crippen LogP contribution in [0.3, 0.4) is 0 Å². The molecule has 1 atom stereocenters. The van der Waals surface area contributed by atoms with E-state index in [4.69, 9.17) is 18.9 Å². The largest absolute Gasteiger partial charge is 0.491 e. The van der Waals surface area contributed by atoms with Gasteiger partial charge in [0.2, 0.25) is 0 Å². The first-order chi connectivity index (χ1) is 20.3. The minimum absolute atomic E-state index is 0.00102. The van der Waals surface area contributed by atoms with Crippen molar-refractivity contribution in [2.24, 2.45) is 0 Å². The van der Waals surface area contributed by atoms with E-state index < -0.39 is 7.82 Å². The van der Waals surface area contributed by atoms with Gasteiger partial charge in [-0.2, -0.15) is 14.9 Å². The molecule has 1 unspecified atom stereocenters. The maximum Gasteiger partial charge on any atom is 0.491 e.